The fourth-order valence-electron chi connectivity index (χ4n) is 6.68. The molecule has 0 unspecified atom stereocenters. The maximum absolute atomic E-state index is 13.0. The van der Waals surface area contributed by atoms with E-state index in [0.29, 0.717) is 44.2 Å². The first kappa shape index (κ1) is 39.9. The molecular formula is C37H49N3O13. The smallest absolute Gasteiger partial charge is 0.339 e. The molecule has 3 fully saturated rings. The van der Waals surface area contributed by atoms with E-state index in [0.717, 1.165) is 30.8 Å². The third-order valence-corrected chi connectivity index (χ3v) is 9.13. The Morgan fingerprint density at radius 1 is 0.868 bits per heavy atom. The van der Waals surface area contributed by atoms with E-state index in [4.69, 9.17) is 42.6 Å². The van der Waals surface area contributed by atoms with E-state index in [-0.39, 0.29) is 19.1 Å². The predicted molar refractivity (Wildman–Crippen MR) is 187 cm³/mol. The molecule has 16 heteroatoms. The van der Waals surface area contributed by atoms with Gasteiger partial charge < -0.3 is 43.2 Å². The average molecular weight is 744 g/mol. The highest BCUT2D eigenvalue weighted by Gasteiger charge is 2.61. The standard InChI is InChI=1S/C37H49N3O13/c1-22-11-10-12-23(2)30(22)38-29(43)20-40-17-15-39(16-18-40)19-26(21-47-28-14-9-8-13-27(28)45-6)51-37(5)52-34-32(49-25(4)42)31(48-24(3)41)33(35(44)46-7)50-36(34)53-37/h8-14,26,31-34,36H,15-21H2,1-7H3,(H,38,43)/t26-,31-,32-,33-,34+,36+,37+/m0/s1. The van der Waals surface area contributed by atoms with E-state index in [9.17, 15) is 19.2 Å². The van der Waals surface area contributed by atoms with Crippen LogP contribution in [-0.4, -0.2) is 136 Å². The van der Waals surface area contributed by atoms with Crippen LogP contribution < -0.4 is 14.8 Å². The number of carbonyl (C=O) groups excluding carboxylic acids is 4. The molecule has 0 aromatic heterocycles. The Balaban J connectivity index is 1.28. The fraction of sp³-hybridized carbons (Fsp3) is 0.568. The summed E-state index contributed by atoms with van der Waals surface area (Å²) in [6, 6.07) is 13.1. The zero-order valence-electron chi connectivity index (χ0n) is 31.2. The van der Waals surface area contributed by atoms with Crippen LogP contribution in [0.3, 0.4) is 0 Å². The van der Waals surface area contributed by atoms with Crippen LogP contribution in [0.5, 0.6) is 11.5 Å². The number of para-hydroxylation sites is 3. The van der Waals surface area contributed by atoms with Crippen molar-refractivity contribution < 1.29 is 61.8 Å². The van der Waals surface area contributed by atoms with Gasteiger partial charge in [-0.15, -0.1) is 0 Å². The number of hydrogen-bond donors (Lipinski definition) is 1. The Morgan fingerprint density at radius 3 is 2.11 bits per heavy atom. The Morgan fingerprint density at radius 2 is 1.49 bits per heavy atom. The number of amides is 1. The van der Waals surface area contributed by atoms with Gasteiger partial charge in [0.1, 0.15) is 12.7 Å². The molecule has 0 spiro atoms. The maximum atomic E-state index is 13.0. The SMILES string of the molecule is COC(=O)[C@H]1O[C@@H]2O[C@](C)(O[C@H](COc3ccccc3OC)CN3CCN(CC(=O)Nc4c(C)cccc4C)CC3)O[C@@H]2[C@@H](OC(C)=O)[C@@H]1OC(C)=O. The van der Waals surface area contributed by atoms with Gasteiger partial charge in [-0.1, -0.05) is 30.3 Å². The molecular weight excluding hydrogens is 694 g/mol. The van der Waals surface area contributed by atoms with Crippen molar-refractivity contribution in [1.29, 1.82) is 0 Å². The van der Waals surface area contributed by atoms with Gasteiger partial charge in [0, 0.05) is 59.2 Å². The van der Waals surface area contributed by atoms with Crippen LogP contribution in [0.25, 0.3) is 0 Å². The summed E-state index contributed by atoms with van der Waals surface area (Å²) in [5.74, 6) is -3.15. The summed E-state index contributed by atoms with van der Waals surface area (Å²) in [5, 5.41) is 3.06. The first-order valence-corrected chi connectivity index (χ1v) is 17.5. The molecule has 5 rings (SSSR count). The Kier molecular flexibility index (Phi) is 13.3. The van der Waals surface area contributed by atoms with Crippen molar-refractivity contribution in [3.63, 3.8) is 0 Å². The highest BCUT2D eigenvalue weighted by atomic mass is 16.9. The number of fused-ring (bicyclic) bond motifs is 1. The highest BCUT2D eigenvalue weighted by molar-refractivity contribution is 5.93. The van der Waals surface area contributed by atoms with E-state index < -0.39 is 60.7 Å². The molecule has 3 saturated heterocycles. The fourth-order valence-corrected chi connectivity index (χ4v) is 6.68. The molecule has 290 valence electrons. The minimum absolute atomic E-state index is 0.0471. The summed E-state index contributed by atoms with van der Waals surface area (Å²) in [6.45, 7) is 11.0. The lowest BCUT2D eigenvalue weighted by molar-refractivity contribution is -0.360. The molecule has 3 heterocycles. The summed E-state index contributed by atoms with van der Waals surface area (Å²) in [4.78, 5) is 54.2. The second kappa shape index (κ2) is 17.7. The molecule has 3 aliphatic heterocycles. The van der Waals surface area contributed by atoms with Gasteiger partial charge in [-0.25, -0.2) is 4.79 Å². The summed E-state index contributed by atoms with van der Waals surface area (Å²) < 4.78 is 52.2. The third-order valence-electron chi connectivity index (χ3n) is 9.13. The third kappa shape index (κ3) is 10.2. The lowest BCUT2D eigenvalue weighted by atomic mass is 9.98. The van der Waals surface area contributed by atoms with Gasteiger partial charge in [0.05, 0.1) is 20.8 Å². The van der Waals surface area contributed by atoms with Crippen LogP contribution in [0.15, 0.2) is 42.5 Å². The van der Waals surface area contributed by atoms with Gasteiger partial charge >= 0.3 is 17.9 Å². The molecule has 53 heavy (non-hydrogen) atoms. The summed E-state index contributed by atoms with van der Waals surface area (Å²) >= 11 is 0. The van der Waals surface area contributed by atoms with Crippen molar-refractivity contribution in [3.05, 3.63) is 53.6 Å². The molecule has 16 nitrogen and oxygen atoms in total. The van der Waals surface area contributed by atoms with Gasteiger partial charge in [0.2, 0.25) is 5.91 Å². The van der Waals surface area contributed by atoms with E-state index >= 15 is 0 Å². The van der Waals surface area contributed by atoms with Crippen molar-refractivity contribution in [2.24, 2.45) is 0 Å². The number of nitrogens with one attached hydrogen (secondary N) is 1. The molecule has 1 N–H and O–H groups in total. The van der Waals surface area contributed by atoms with Crippen LogP contribution in [-0.2, 0) is 52.3 Å². The number of esters is 3. The molecule has 0 radical (unpaired) electrons. The lowest BCUT2D eigenvalue weighted by Crippen LogP contribution is -2.61. The molecule has 0 bridgehead atoms. The van der Waals surface area contributed by atoms with Gasteiger partial charge in [-0.2, -0.15) is 0 Å². The van der Waals surface area contributed by atoms with Crippen molar-refractivity contribution in [2.45, 2.75) is 77.4 Å². The number of benzene rings is 2. The number of aryl methyl sites for hydroxylation is 2. The van der Waals surface area contributed by atoms with Gasteiger partial charge in [-0.3, -0.25) is 28.9 Å². The molecule has 3 aliphatic rings. The first-order valence-electron chi connectivity index (χ1n) is 17.5. The van der Waals surface area contributed by atoms with Gasteiger partial charge in [0.15, 0.2) is 42.2 Å². The largest absolute Gasteiger partial charge is 0.493 e. The summed E-state index contributed by atoms with van der Waals surface area (Å²) in [7, 11) is 2.70. The van der Waals surface area contributed by atoms with Crippen LogP contribution in [0, 0.1) is 13.8 Å². The van der Waals surface area contributed by atoms with E-state index in [1.807, 2.05) is 44.2 Å². The Labute approximate surface area is 308 Å². The molecule has 0 aliphatic carbocycles. The van der Waals surface area contributed by atoms with Crippen LogP contribution in [0.4, 0.5) is 5.69 Å². The zero-order chi connectivity index (χ0) is 38.3. The Bertz CT molecular complexity index is 1600. The summed E-state index contributed by atoms with van der Waals surface area (Å²) in [6.07, 6.45) is -7.26. The minimum atomic E-state index is -1.79. The lowest BCUT2D eigenvalue weighted by Gasteiger charge is -2.39. The molecule has 0 saturated carbocycles. The molecule has 1 amide bonds. The number of anilines is 1. The number of methoxy groups -OCH3 is 2. The first-order chi connectivity index (χ1) is 25.3. The number of carbonyl (C=O) groups is 4. The number of rotatable bonds is 14. The molecule has 7 atom stereocenters. The Hall–Kier alpha value is -4.32. The predicted octanol–water partition coefficient (Wildman–Crippen LogP) is 2.18. The van der Waals surface area contributed by atoms with E-state index in [2.05, 4.69) is 15.1 Å². The second-order valence-corrected chi connectivity index (χ2v) is 13.3. The van der Waals surface area contributed by atoms with Crippen molar-refractivity contribution >= 4 is 29.5 Å². The zero-order valence-corrected chi connectivity index (χ0v) is 31.2. The maximum Gasteiger partial charge on any atom is 0.339 e. The van der Waals surface area contributed by atoms with Crippen molar-refractivity contribution in [2.75, 3.05) is 65.4 Å². The topological polar surface area (TPSA) is 170 Å². The van der Waals surface area contributed by atoms with Crippen molar-refractivity contribution in [3.8, 4) is 11.5 Å². The molecule has 2 aromatic rings. The minimum Gasteiger partial charge on any atom is -0.493 e. The van der Waals surface area contributed by atoms with Crippen LogP contribution in [0.1, 0.15) is 31.9 Å². The van der Waals surface area contributed by atoms with E-state index in [1.54, 1.807) is 19.2 Å². The highest BCUT2D eigenvalue weighted by Crippen LogP contribution is 2.40. The average Bonchev–Trinajstić information content (AvgIpc) is 3.45. The normalized spacial score (nSPS) is 26.5. The number of hydrogen-bond acceptors (Lipinski definition) is 15. The number of nitrogens with zero attached hydrogens (tertiary/aromatic N) is 2. The van der Waals surface area contributed by atoms with Crippen LogP contribution >= 0.6 is 0 Å². The van der Waals surface area contributed by atoms with Crippen LogP contribution in [0.2, 0.25) is 0 Å². The summed E-state index contributed by atoms with van der Waals surface area (Å²) in [5.41, 5.74) is 2.85. The van der Waals surface area contributed by atoms with Gasteiger partial charge in [-0.05, 0) is 37.1 Å². The number of piperazine rings is 1. The van der Waals surface area contributed by atoms with E-state index in [1.165, 1.54) is 13.8 Å². The monoisotopic (exact) mass is 743 g/mol. The number of ether oxygens (including phenoxy) is 9. The van der Waals surface area contributed by atoms with Gasteiger partial charge in [0.25, 0.3) is 5.97 Å². The second-order valence-electron chi connectivity index (χ2n) is 13.3. The quantitative estimate of drug-likeness (QED) is 0.221. The molecule has 2 aromatic carbocycles. The van der Waals surface area contributed by atoms with Crippen molar-refractivity contribution in [1.82, 2.24) is 9.80 Å².